The number of ketones is 2. The van der Waals surface area contributed by atoms with Crippen molar-refractivity contribution in [3.8, 4) is 0 Å². The number of nitrogens with one attached hydrogen (secondary N) is 1. The maximum Gasteiger partial charge on any atom is 0.255 e. The van der Waals surface area contributed by atoms with E-state index in [1.807, 2.05) is 39.0 Å². The number of benzene rings is 2. The summed E-state index contributed by atoms with van der Waals surface area (Å²) in [7, 11) is 0. The van der Waals surface area contributed by atoms with Crippen molar-refractivity contribution in [1.82, 2.24) is 10.2 Å². The number of imide groups is 1. The molecular weight excluding hydrogens is 420 g/mol. The molecule has 0 bridgehead atoms. The zero-order valence-corrected chi connectivity index (χ0v) is 19.0. The molecule has 0 radical (unpaired) electrons. The number of amides is 3. The minimum absolute atomic E-state index is 0.0786. The highest BCUT2D eigenvalue weighted by atomic mass is 16.2. The molecule has 3 amide bonds. The Kier molecular flexibility index (Phi) is 5.97. The Balaban J connectivity index is 1.43. The van der Waals surface area contributed by atoms with E-state index >= 15 is 0 Å². The van der Waals surface area contributed by atoms with Crippen molar-refractivity contribution in [3.63, 3.8) is 0 Å². The lowest BCUT2D eigenvalue weighted by molar-refractivity contribution is -0.136. The first-order valence-electron chi connectivity index (χ1n) is 11.1. The average Bonchev–Trinajstić information content (AvgIpc) is 3.06. The van der Waals surface area contributed by atoms with Crippen molar-refractivity contribution in [2.45, 2.75) is 59.0 Å². The first-order chi connectivity index (χ1) is 15.7. The predicted octanol–water partition coefficient (Wildman–Crippen LogP) is 2.76. The molecule has 2 aromatic carbocycles. The average molecular weight is 447 g/mol. The number of hydrogen-bond donors (Lipinski definition) is 1. The van der Waals surface area contributed by atoms with E-state index in [0.717, 1.165) is 27.8 Å². The normalized spacial score (nSPS) is 17.7. The van der Waals surface area contributed by atoms with Gasteiger partial charge in [-0.25, -0.2) is 0 Å². The van der Waals surface area contributed by atoms with Gasteiger partial charge in [0.15, 0.2) is 0 Å². The molecule has 2 heterocycles. The highest BCUT2D eigenvalue weighted by Gasteiger charge is 2.39. The van der Waals surface area contributed by atoms with Crippen molar-refractivity contribution in [1.29, 1.82) is 0 Å². The number of carbonyl (C=O) groups is 5. The summed E-state index contributed by atoms with van der Waals surface area (Å²) in [5, 5.41) is 2.29. The van der Waals surface area contributed by atoms with Gasteiger partial charge in [-0.15, -0.1) is 0 Å². The fourth-order valence-corrected chi connectivity index (χ4v) is 4.83. The fraction of sp³-hybridized carbons (Fsp3) is 0.346. The molecule has 33 heavy (non-hydrogen) atoms. The van der Waals surface area contributed by atoms with Crippen LogP contribution in [0.4, 0.5) is 0 Å². The molecule has 170 valence electrons. The summed E-state index contributed by atoms with van der Waals surface area (Å²) in [5.74, 6) is -1.91. The maximum atomic E-state index is 12.8. The van der Waals surface area contributed by atoms with Crippen molar-refractivity contribution < 1.29 is 24.0 Å². The van der Waals surface area contributed by atoms with E-state index in [1.54, 1.807) is 12.1 Å². The lowest BCUT2D eigenvalue weighted by Gasteiger charge is -2.29. The van der Waals surface area contributed by atoms with Gasteiger partial charge in [0, 0.05) is 30.5 Å². The number of rotatable bonds is 6. The molecule has 1 atom stereocenters. The zero-order chi connectivity index (χ0) is 23.9. The number of hydrogen-bond acceptors (Lipinski definition) is 5. The van der Waals surface area contributed by atoms with E-state index in [-0.39, 0.29) is 31.2 Å². The number of fused-ring (bicyclic) bond motifs is 1. The molecule has 7 nitrogen and oxygen atoms in total. The summed E-state index contributed by atoms with van der Waals surface area (Å²) in [6.45, 7) is 5.91. The lowest BCUT2D eigenvalue weighted by atomic mass is 9.93. The van der Waals surface area contributed by atoms with Crippen LogP contribution in [-0.2, 0) is 27.3 Å². The molecule has 2 aromatic rings. The third kappa shape index (κ3) is 4.35. The minimum Gasteiger partial charge on any atom is -0.322 e. The van der Waals surface area contributed by atoms with Gasteiger partial charge >= 0.3 is 0 Å². The number of aryl methyl sites for hydroxylation is 4. The minimum atomic E-state index is -0.661. The van der Waals surface area contributed by atoms with Crippen LogP contribution < -0.4 is 5.32 Å². The Morgan fingerprint density at radius 1 is 1.03 bits per heavy atom. The van der Waals surface area contributed by atoms with Crippen LogP contribution in [0.25, 0.3) is 0 Å². The van der Waals surface area contributed by atoms with Crippen molar-refractivity contribution in [2.75, 3.05) is 0 Å². The van der Waals surface area contributed by atoms with E-state index in [1.165, 1.54) is 4.90 Å². The predicted molar refractivity (Wildman–Crippen MR) is 121 cm³/mol. The van der Waals surface area contributed by atoms with Gasteiger partial charge in [-0.2, -0.15) is 0 Å². The number of carbonyl (C=O) groups excluding carboxylic acids is 5. The van der Waals surface area contributed by atoms with Gasteiger partial charge in [0.1, 0.15) is 6.04 Å². The molecule has 0 saturated carbocycles. The van der Waals surface area contributed by atoms with Crippen molar-refractivity contribution >= 4 is 29.3 Å². The molecule has 1 N–H and O–H groups in total. The fourth-order valence-electron chi connectivity index (χ4n) is 4.83. The van der Waals surface area contributed by atoms with Gasteiger partial charge in [-0.1, -0.05) is 29.8 Å². The number of Topliss-reactive ketones (excluding diaryl/α,β-unsaturated/α-hetero) is 2. The van der Waals surface area contributed by atoms with Gasteiger partial charge in [-0.05, 0) is 61.9 Å². The Morgan fingerprint density at radius 2 is 1.73 bits per heavy atom. The maximum absolute atomic E-state index is 12.8. The van der Waals surface area contributed by atoms with E-state index in [2.05, 4.69) is 5.32 Å². The van der Waals surface area contributed by atoms with Gasteiger partial charge in [0.25, 0.3) is 5.91 Å². The Bertz CT molecular complexity index is 1190. The first-order valence-corrected chi connectivity index (χ1v) is 11.1. The monoisotopic (exact) mass is 446 g/mol. The summed E-state index contributed by atoms with van der Waals surface area (Å²) >= 11 is 0. The Morgan fingerprint density at radius 3 is 2.39 bits per heavy atom. The molecule has 0 aliphatic carbocycles. The van der Waals surface area contributed by atoms with E-state index in [0.29, 0.717) is 24.0 Å². The third-order valence-electron chi connectivity index (χ3n) is 6.39. The van der Waals surface area contributed by atoms with Crippen LogP contribution >= 0.6 is 0 Å². The van der Waals surface area contributed by atoms with E-state index < -0.39 is 23.5 Å². The topological polar surface area (TPSA) is 101 Å². The molecule has 7 heteroatoms. The SMILES string of the molecule is Cc1cc(C)c(C(=O)C(=O)CCc2ccc3c(c2)CN(C2CCC(=O)NC2=O)C3=O)c(C)c1. The Hall–Kier alpha value is -3.61. The highest BCUT2D eigenvalue weighted by molar-refractivity contribution is 6.44. The van der Waals surface area contributed by atoms with Gasteiger partial charge in [0.2, 0.25) is 23.4 Å². The smallest absolute Gasteiger partial charge is 0.255 e. The molecule has 0 spiro atoms. The Labute approximate surface area is 192 Å². The van der Waals surface area contributed by atoms with Crippen LogP contribution in [0.1, 0.15) is 67.8 Å². The first kappa shape index (κ1) is 22.6. The van der Waals surface area contributed by atoms with Crippen LogP contribution in [0.15, 0.2) is 30.3 Å². The molecule has 2 aliphatic heterocycles. The van der Waals surface area contributed by atoms with Gasteiger partial charge < -0.3 is 4.90 Å². The van der Waals surface area contributed by atoms with Crippen LogP contribution in [0.3, 0.4) is 0 Å². The molecule has 1 unspecified atom stereocenters. The van der Waals surface area contributed by atoms with E-state index in [4.69, 9.17) is 0 Å². The quantitative estimate of drug-likeness (QED) is 0.418. The van der Waals surface area contributed by atoms with Crippen LogP contribution in [0.5, 0.6) is 0 Å². The third-order valence-corrected chi connectivity index (χ3v) is 6.39. The summed E-state index contributed by atoms with van der Waals surface area (Å²) in [5.41, 5.74) is 5.29. The summed E-state index contributed by atoms with van der Waals surface area (Å²) in [4.78, 5) is 63.3. The number of piperidine rings is 1. The van der Waals surface area contributed by atoms with Gasteiger partial charge in [-0.3, -0.25) is 29.3 Å². The van der Waals surface area contributed by atoms with Crippen LogP contribution in [0, 0.1) is 20.8 Å². The van der Waals surface area contributed by atoms with Crippen LogP contribution in [0.2, 0.25) is 0 Å². The second kappa shape index (κ2) is 8.73. The van der Waals surface area contributed by atoms with Crippen LogP contribution in [-0.4, -0.2) is 40.2 Å². The lowest BCUT2D eigenvalue weighted by Crippen LogP contribution is -2.52. The molecule has 0 aromatic heterocycles. The number of nitrogens with zero attached hydrogens (tertiary/aromatic N) is 1. The standard InChI is InChI=1S/C26H26N2O5/c1-14-10-15(2)23(16(3)11-14)24(31)21(29)8-5-17-4-6-19-18(12-17)13-28(26(19)33)20-7-9-22(30)27-25(20)32/h4,6,10-12,20H,5,7-9,13H2,1-3H3,(H,27,30,32). The second-order valence-electron chi connectivity index (χ2n) is 8.92. The largest absolute Gasteiger partial charge is 0.322 e. The second-order valence-corrected chi connectivity index (χ2v) is 8.92. The molecule has 1 saturated heterocycles. The molecular formula is C26H26N2O5. The summed E-state index contributed by atoms with van der Waals surface area (Å²) in [6.07, 6.45) is 0.979. The highest BCUT2D eigenvalue weighted by Crippen LogP contribution is 2.28. The van der Waals surface area contributed by atoms with Gasteiger partial charge in [0.05, 0.1) is 0 Å². The van der Waals surface area contributed by atoms with E-state index in [9.17, 15) is 24.0 Å². The summed E-state index contributed by atoms with van der Waals surface area (Å²) < 4.78 is 0. The summed E-state index contributed by atoms with van der Waals surface area (Å²) in [6, 6.07) is 8.49. The van der Waals surface area contributed by atoms with Crippen molar-refractivity contribution in [2.24, 2.45) is 0 Å². The molecule has 1 fully saturated rings. The zero-order valence-electron chi connectivity index (χ0n) is 19.0. The molecule has 4 rings (SSSR count). The van der Waals surface area contributed by atoms with Crippen molar-refractivity contribution in [3.05, 3.63) is 69.3 Å². The molecule has 2 aliphatic rings.